The third-order valence-corrected chi connectivity index (χ3v) is 2.85. The minimum Gasteiger partial charge on any atom is -0.373 e. The Labute approximate surface area is 103 Å². The number of rotatable bonds is 6. The maximum absolute atomic E-state index is 11.2. The fraction of sp³-hybridized carbons (Fsp3) is 0.571. The summed E-state index contributed by atoms with van der Waals surface area (Å²) in [5, 5.41) is 0. The van der Waals surface area contributed by atoms with Crippen LogP contribution in [0.25, 0.3) is 0 Å². The van der Waals surface area contributed by atoms with E-state index in [1.807, 2.05) is 0 Å². The van der Waals surface area contributed by atoms with Crippen LogP contribution in [0, 0.1) is 0 Å². The Balaban J connectivity index is 2.81. The third-order valence-electron chi connectivity index (χ3n) is 1.81. The highest BCUT2D eigenvalue weighted by atomic mass is 32.3. The molecule has 18 heavy (non-hydrogen) atoms. The molecule has 1 aliphatic rings. The Morgan fingerprint density at radius 3 is 2.28 bits per heavy atom. The van der Waals surface area contributed by atoms with E-state index in [2.05, 4.69) is 4.18 Å². The van der Waals surface area contributed by atoms with Crippen LogP contribution in [0.1, 0.15) is 6.42 Å². The molecule has 1 aliphatic heterocycles. The van der Waals surface area contributed by atoms with Crippen molar-refractivity contribution in [3.63, 3.8) is 0 Å². The average molecular weight is 302 g/mol. The third kappa shape index (κ3) is 6.66. The number of ether oxygens (including phenoxy) is 1. The van der Waals surface area contributed by atoms with E-state index in [1.165, 1.54) is 0 Å². The molecular formula is C7H10O9S2. The largest absolute Gasteiger partial charge is 0.449 e. The van der Waals surface area contributed by atoms with Gasteiger partial charge < -0.3 is 8.92 Å². The van der Waals surface area contributed by atoms with Crippen molar-refractivity contribution in [3.05, 3.63) is 11.6 Å². The molecule has 0 aromatic carbocycles. The van der Waals surface area contributed by atoms with Gasteiger partial charge in [-0.2, -0.15) is 16.8 Å². The normalized spacial score (nSPS) is 20.6. The van der Waals surface area contributed by atoms with Gasteiger partial charge in [-0.05, 0) is 6.42 Å². The van der Waals surface area contributed by atoms with Gasteiger partial charge in [-0.15, -0.1) is 0 Å². The van der Waals surface area contributed by atoms with E-state index in [0.29, 0.717) is 6.61 Å². The van der Waals surface area contributed by atoms with Gasteiger partial charge in [-0.3, -0.25) is 9.11 Å². The molecule has 0 aliphatic carbocycles. The molecule has 1 heterocycles. The van der Waals surface area contributed by atoms with E-state index < -0.39 is 37.8 Å². The van der Waals surface area contributed by atoms with E-state index in [-0.39, 0.29) is 12.5 Å². The molecular weight excluding hydrogens is 292 g/mol. The van der Waals surface area contributed by atoms with Crippen LogP contribution >= 0.6 is 0 Å². The second kappa shape index (κ2) is 5.32. The molecule has 1 rings (SSSR count). The summed E-state index contributed by atoms with van der Waals surface area (Å²) in [6.07, 6.45) is 1.05. The molecule has 11 heteroatoms. The summed E-state index contributed by atoms with van der Waals surface area (Å²) >= 11 is 0. The van der Waals surface area contributed by atoms with Crippen LogP contribution in [-0.4, -0.2) is 50.4 Å². The number of hydrogen-bond donors (Lipinski definition) is 2. The van der Waals surface area contributed by atoms with E-state index in [9.17, 15) is 21.6 Å². The van der Waals surface area contributed by atoms with Crippen LogP contribution in [0.3, 0.4) is 0 Å². The zero-order valence-electron chi connectivity index (χ0n) is 8.84. The van der Waals surface area contributed by atoms with E-state index in [0.717, 1.165) is 6.08 Å². The van der Waals surface area contributed by atoms with Crippen molar-refractivity contribution in [1.82, 2.24) is 0 Å². The topological polar surface area (TPSA) is 148 Å². The lowest BCUT2D eigenvalue weighted by Crippen LogP contribution is -2.19. The molecule has 1 unspecified atom stereocenters. The van der Waals surface area contributed by atoms with Gasteiger partial charge in [0.1, 0.15) is 5.75 Å². The molecule has 0 bridgehead atoms. The second-order valence-corrected chi connectivity index (χ2v) is 5.92. The summed E-state index contributed by atoms with van der Waals surface area (Å²) in [5.41, 5.74) is -0.606. The van der Waals surface area contributed by atoms with Gasteiger partial charge in [0, 0.05) is 0 Å². The zero-order valence-corrected chi connectivity index (χ0v) is 10.5. The fourth-order valence-electron chi connectivity index (χ4n) is 1.02. The first-order chi connectivity index (χ1) is 8.07. The molecule has 104 valence electrons. The summed E-state index contributed by atoms with van der Waals surface area (Å²) < 4.78 is 67.2. The predicted molar refractivity (Wildman–Crippen MR) is 56.5 cm³/mol. The van der Waals surface area contributed by atoms with Gasteiger partial charge in [-0.25, -0.2) is 4.79 Å². The quantitative estimate of drug-likeness (QED) is 0.355. The maximum Gasteiger partial charge on any atom is 0.449 e. The smallest absolute Gasteiger partial charge is 0.373 e. The summed E-state index contributed by atoms with van der Waals surface area (Å²) in [6, 6.07) is 0. The molecule has 0 saturated carbocycles. The van der Waals surface area contributed by atoms with Crippen molar-refractivity contribution >= 4 is 26.5 Å². The van der Waals surface area contributed by atoms with E-state index in [4.69, 9.17) is 13.8 Å². The fourth-order valence-corrected chi connectivity index (χ4v) is 1.95. The van der Waals surface area contributed by atoms with Crippen molar-refractivity contribution < 1.29 is 39.7 Å². The number of carbonyl (C=O) groups is 1. The van der Waals surface area contributed by atoms with Crippen molar-refractivity contribution in [1.29, 1.82) is 0 Å². The number of epoxide rings is 1. The number of hydrogen-bond acceptors (Lipinski definition) is 7. The minimum absolute atomic E-state index is 0.158. The van der Waals surface area contributed by atoms with E-state index in [1.54, 1.807) is 0 Å². The molecule has 0 amide bonds. The average Bonchev–Trinajstić information content (AvgIpc) is 2.90. The van der Waals surface area contributed by atoms with Gasteiger partial charge in [0.25, 0.3) is 10.1 Å². The van der Waals surface area contributed by atoms with Gasteiger partial charge >= 0.3 is 16.4 Å². The predicted octanol–water partition coefficient (Wildman–Crippen LogP) is -1.06. The van der Waals surface area contributed by atoms with Crippen LogP contribution in [0.5, 0.6) is 0 Å². The Morgan fingerprint density at radius 1 is 1.33 bits per heavy atom. The molecule has 0 radical (unpaired) electrons. The van der Waals surface area contributed by atoms with Crippen molar-refractivity contribution in [2.45, 2.75) is 12.5 Å². The molecule has 0 aromatic rings. The molecule has 9 nitrogen and oxygen atoms in total. The Bertz CT molecular complexity index is 552. The first-order valence-corrected chi connectivity index (χ1v) is 7.51. The van der Waals surface area contributed by atoms with Crippen molar-refractivity contribution in [2.75, 3.05) is 12.4 Å². The summed E-state index contributed by atoms with van der Waals surface area (Å²) in [7, 11) is -9.58. The van der Waals surface area contributed by atoms with Gasteiger partial charge in [-0.1, -0.05) is 6.08 Å². The summed E-state index contributed by atoms with van der Waals surface area (Å²) in [6.45, 7) is 0.434. The Morgan fingerprint density at radius 2 is 1.89 bits per heavy atom. The highest BCUT2D eigenvalue weighted by Crippen LogP contribution is 2.16. The van der Waals surface area contributed by atoms with Crippen molar-refractivity contribution in [2.24, 2.45) is 0 Å². The van der Waals surface area contributed by atoms with Crippen LogP contribution in [0.2, 0.25) is 0 Å². The lowest BCUT2D eigenvalue weighted by molar-refractivity contribution is -0.130. The highest BCUT2D eigenvalue weighted by Gasteiger charge is 2.25. The van der Waals surface area contributed by atoms with Crippen LogP contribution in [-0.2, 0) is 34.2 Å². The van der Waals surface area contributed by atoms with Gasteiger partial charge in [0.05, 0.1) is 18.3 Å². The molecule has 0 spiro atoms. The van der Waals surface area contributed by atoms with Crippen molar-refractivity contribution in [3.8, 4) is 0 Å². The second-order valence-electron chi connectivity index (χ2n) is 3.45. The molecule has 1 saturated heterocycles. The lowest BCUT2D eigenvalue weighted by atomic mass is 10.2. The minimum atomic E-state index is -5.04. The Hall–Kier alpha value is -1.01. The SMILES string of the molecule is O=C(OS(=O)(=O)O)C(=CCC1CO1)CS(=O)(=O)O. The standard InChI is InChI=1S/C7H10O9S2/c8-7(16-18(12,13)14)5(4-17(9,10)11)1-2-6-3-15-6/h1,6H,2-4H2,(H,9,10,11)(H,12,13,14). The molecule has 2 N–H and O–H groups in total. The lowest BCUT2D eigenvalue weighted by Gasteiger charge is -2.03. The highest BCUT2D eigenvalue weighted by molar-refractivity contribution is 7.86. The first kappa shape index (κ1) is 15.0. The summed E-state index contributed by atoms with van der Waals surface area (Å²) in [4.78, 5) is 11.2. The molecule has 1 atom stereocenters. The van der Waals surface area contributed by atoms with Gasteiger partial charge in [0.15, 0.2) is 0 Å². The number of carbonyl (C=O) groups excluding carboxylic acids is 1. The van der Waals surface area contributed by atoms with Crippen LogP contribution in [0.15, 0.2) is 11.6 Å². The van der Waals surface area contributed by atoms with Crippen LogP contribution in [0.4, 0.5) is 0 Å². The molecule has 0 aromatic heterocycles. The van der Waals surface area contributed by atoms with E-state index >= 15 is 0 Å². The Kier molecular flexibility index (Phi) is 4.45. The van der Waals surface area contributed by atoms with Crippen LogP contribution < -0.4 is 0 Å². The zero-order chi connectivity index (χ0) is 14.0. The van der Waals surface area contributed by atoms with Gasteiger partial charge in [0.2, 0.25) is 0 Å². The monoisotopic (exact) mass is 302 g/mol. The first-order valence-electron chi connectivity index (χ1n) is 4.54. The maximum atomic E-state index is 11.2. The summed E-state index contributed by atoms with van der Waals surface area (Å²) in [5.74, 6) is -2.69. The molecule has 1 fully saturated rings.